The maximum Gasteiger partial charge on any atom is 0.305 e. The van der Waals surface area contributed by atoms with Gasteiger partial charge in [0, 0.05) is 31.1 Å². The molecule has 8 nitrogen and oxygen atoms in total. The third-order valence-corrected chi connectivity index (χ3v) is 9.90. The van der Waals surface area contributed by atoms with E-state index in [1.165, 1.54) is 77.0 Å². The van der Waals surface area contributed by atoms with Crippen LogP contribution in [0, 0.1) is 11.8 Å². The number of esters is 2. The van der Waals surface area contributed by atoms with E-state index in [1.54, 1.807) is 6.08 Å². The van der Waals surface area contributed by atoms with Crippen molar-refractivity contribution in [3.8, 4) is 0 Å². The van der Waals surface area contributed by atoms with Crippen LogP contribution in [0.15, 0.2) is 12.2 Å². The fourth-order valence-electron chi connectivity index (χ4n) is 6.75. The van der Waals surface area contributed by atoms with E-state index in [0.29, 0.717) is 25.7 Å². The number of hydrogen-bond acceptors (Lipinski definition) is 8. The lowest BCUT2D eigenvalue weighted by Gasteiger charge is -2.18. The second kappa shape index (κ2) is 31.0. The highest BCUT2D eigenvalue weighted by atomic mass is 16.6. The zero-order chi connectivity index (χ0) is 36.0. The lowest BCUT2D eigenvalue weighted by molar-refractivity contribution is -0.152. The van der Waals surface area contributed by atoms with Crippen LogP contribution in [0.2, 0.25) is 0 Å². The van der Waals surface area contributed by atoms with Gasteiger partial charge in [-0.3, -0.25) is 14.4 Å². The number of ether oxygens (including phenoxy) is 2. The first-order chi connectivity index (χ1) is 23.8. The Hall–Kier alpha value is -1.77. The highest BCUT2D eigenvalue weighted by Gasteiger charge is 2.39. The minimum absolute atomic E-state index is 0.0838. The topological polar surface area (TPSA) is 130 Å². The summed E-state index contributed by atoms with van der Waals surface area (Å²) in [5, 5.41) is 30.6. The van der Waals surface area contributed by atoms with Crippen LogP contribution >= 0.6 is 0 Å². The van der Waals surface area contributed by atoms with Crippen molar-refractivity contribution in [2.45, 2.75) is 206 Å². The summed E-state index contributed by atoms with van der Waals surface area (Å²) in [5.74, 6) is -1.10. The Balaban J connectivity index is 2.00. The van der Waals surface area contributed by atoms with Gasteiger partial charge < -0.3 is 24.8 Å². The van der Waals surface area contributed by atoms with E-state index in [4.69, 9.17) is 9.47 Å². The number of rotatable bonds is 33. The second-order valence-electron chi connectivity index (χ2n) is 14.5. The van der Waals surface area contributed by atoms with Gasteiger partial charge in [0.25, 0.3) is 0 Å². The van der Waals surface area contributed by atoms with E-state index in [0.717, 1.165) is 57.8 Å². The molecule has 286 valence electrons. The number of unbranched alkanes of at least 4 members (excludes halogenated alkanes) is 19. The molecule has 3 N–H and O–H groups in total. The first kappa shape index (κ1) is 45.3. The van der Waals surface area contributed by atoms with Crippen LogP contribution in [-0.2, 0) is 23.9 Å². The Morgan fingerprint density at radius 2 is 1.10 bits per heavy atom. The number of Topliss-reactive ketones (excluding diaryl/α,β-unsaturated/α-hetero) is 1. The van der Waals surface area contributed by atoms with Gasteiger partial charge in [-0.2, -0.15) is 0 Å². The molecule has 1 rings (SSSR count). The molecule has 0 bridgehead atoms. The van der Waals surface area contributed by atoms with Gasteiger partial charge in [0.2, 0.25) is 0 Å². The normalized spacial score (nSPS) is 19.0. The molecule has 0 unspecified atom stereocenters. The molecule has 49 heavy (non-hydrogen) atoms. The average Bonchev–Trinajstić information content (AvgIpc) is 3.35. The van der Waals surface area contributed by atoms with Gasteiger partial charge in [0.1, 0.15) is 25.1 Å². The molecular weight excluding hydrogens is 620 g/mol. The molecule has 1 saturated carbocycles. The maximum atomic E-state index is 12.5. The van der Waals surface area contributed by atoms with E-state index in [-0.39, 0.29) is 55.6 Å². The maximum absolute atomic E-state index is 12.5. The molecule has 0 radical (unpaired) electrons. The second-order valence-corrected chi connectivity index (χ2v) is 14.5. The zero-order valence-electron chi connectivity index (χ0n) is 31.4. The van der Waals surface area contributed by atoms with Crippen molar-refractivity contribution < 1.29 is 39.2 Å². The Kier molecular flexibility index (Phi) is 28.6. The largest absolute Gasteiger partial charge is 0.463 e. The van der Waals surface area contributed by atoms with E-state index >= 15 is 0 Å². The minimum atomic E-state index is -1.03. The van der Waals surface area contributed by atoms with Crippen molar-refractivity contribution >= 4 is 17.7 Å². The molecule has 0 amide bonds. The van der Waals surface area contributed by atoms with Crippen molar-refractivity contribution in [3.05, 3.63) is 12.2 Å². The van der Waals surface area contributed by atoms with Gasteiger partial charge in [0.05, 0.1) is 12.2 Å². The average molecular weight is 695 g/mol. The molecule has 1 aliphatic rings. The Labute approximate surface area is 299 Å². The molecule has 0 aromatic carbocycles. The minimum Gasteiger partial charge on any atom is -0.463 e. The van der Waals surface area contributed by atoms with Crippen LogP contribution in [0.3, 0.4) is 0 Å². The summed E-state index contributed by atoms with van der Waals surface area (Å²) in [4.78, 5) is 36.5. The van der Waals surface area contributed by atoms with Crippen LogP contribution in [-0.4, -0.2) is 64.6 Å². The van der Waals surface area contributed by atoms with Crippen LogP contribution in [0.4, 0.5) is 0 Å². The first-order valence-electron chi connectivity index (χ1n) is 20.3. The molecule has 1 aliphatic carbocycles. The summed E-state index contributed by atoms with van der Waals surface area (Å²) < 4.78 is 10.3. The summed E-state index contributed by atoms with van der Waals surface area (Å²) >= 11 is 0. The molecule has 8 heteroatoms. The summed E-state index contributed by atoms with van der Waals surface area (Å²) in [6.45, 7) is 4.01. The summed E-state index contributed by atoms with van der Waals surface area (Å²) in [7, 11) is 0. The molecule has 1 fully saturated rings. The molecule has 0 saturated heterocycles. The van der Waals surface area contributed by atoms with Gasteiger partial charge in [-0.05, 0) is 25.7 Å². The van der Waals surface area contributed by atoms with Crippen LogP contribution in [0.25, 0.3) is 0 Å². The lowest BCUT2D eigenvalue weighted by atomic mass is 9.88. The number of carbonyl (C=O) groups is 3. The predicted molar refractivity (Wildman–Crippen MR) is 197 cm³/mol. The predicted octanol–water partition coefficient (Wildman–Crippen LogP) is 9.10. The number of carbonyl (C=O) groups excluding carboxylic acids is 3. The van der Waals surface area contributed by atoms with Crippen LogP contribution in [0.5, 0.6) is 0 Å². The van der Waals surface area contributed by atoms with E-state index in [9.17, 15) is 29.7 Å². The van der Waals surface area contributed by atoms with E-state index < -0.39 is 18.3 Å². The SMILES string of the molecule is CCCCCCCCCCCCCCCCCC(=O)OC[C@H](O)COC(=O)CCCCCC[C@H]1C(=O)C[C@@H](O)[C@@H]1/C=C/[C@@H](O)CCCCC. The third-order valence-electron chi connectivity index (χ3n) is 9.90. The zero-order valence-corrected chi connectivity index (χ0v) is 31.4. The molecule has 5 atom stereocenters. The lowest BCUT2D eigenvalue weighted by Crippen LogP contribution is -2.25. The highest BCUT2D eigenvalue weighted by molar-refractivity contribution is 5.84. The van der Waals surface area contributed by atoms with Crippen molar-refractivity contribution in [3.63, 3.8) is 0 Å². The summed E-state index contributed by atoms with van der Waals surface area (Å²) in [6, 6.07) is 0. The van der Waals surface area contributed by atoms with Gasteiger partial charge in [-0.15, -0.1) is 0 Å². The number of aliphatic hydroxyl groups is 3. The Morgan fingerprint density at radius 1 is 0.673 bits per heavy atom. The number of ketones is 1. The summed E-state index contributed by atoms with van der Waals surface area (Å²) in [5.41, 5.74) is 0. The molecule has 0 aliphatic heterocycles. The highest BCUT2D eigenvalue weighted by Crippen LogP contribution is 2.34. The smallest absolute Gasteiger partial charge is 0.305 e. The molecule has 0 aromatic rings. The molecule has 0 heterocycles. The van der Waals surface area contributed by atoms with Gasteiger partial charge in [-0.25, -0.2) is 0 Å². The first-order valence-corrected chi connectivity index (χ1v) is 20.3. The monoisotopic (exact) mass is 695 g/mol. The van der Waals surface area contributed by atoms with E-state index in [2.05, 4.69) is 13.8 Å². The quantitative estimate of drug-likeness (QED) is 0.0352. The number of aliphatic hydroxyl groups excluding tert-OH is 3. The third kappa shape index (κ3) is 24.9. The molecule has 0 spiro atoms. The van der Waals surface area contributed by atoms with Gasteiger partial charge in [0.15, 0.2) is 0 Å². The fourth-order valence-corrected chi connectivity index (χ4v) is 6.75. The van der Waals surface area contributed by atoms with E-state index in [1.807, 2.05) is 6.08 Å². The van der Waals surface area contributed by atoms with Crippen molar-refractivity contribution in [2.75, 3.05) is 13.2 Å². The van der Waals surface area contributed by atoms with Crippen molar-refractivity contribution in [2.24, 2.45) is 11.8 Å². The fraction of sp³-hybridized carbons (Fsp3) is 0.878. The number of hydrogen-bond donors (Lipinski definition) is 3. The Bertz CT molecular complexity index is 858. The van der Waals surface area contributed by atoms with Gasteiger partial charge in [-0.1, -0.05) is 154 Å². The summed E-state index contributed by atoms with van der Waals surface area (Å²) in [6.07, 6.45) is 28.8. The Morgan fingerprint density at radius 3 is 1.59 bits per heavy atom. The molecule has 0 aromatic heterocycles. The van der Waals surface area contributed by atoms with Gasteiger partial charge >= 0.3 is 11.9 Å². The van der Waals surface area contributed by atoms with Crippen molar-refractivity contribution in [1.29, 1.82) is 0 Å². The van der Waals surface area contributed by atoms with Crippen molar-refractivity contribution in [1.82, 2.24) is 0 Å². The molecular formula is C41H74O8. The standard InChI is InChI=1S/C41H74O8/c1-3-5-7-8-9-10-11-12-13-14-15-16-17-18-23-27-40(46)48-32-35(43)33-49-41(47)28-24-20-19-22-26-36-37(39(45)31-38(36)44)30-29-34(42)25-21-6-4-2/h29-30,34-37,39,42-43,45H,3-28,31-33H2,1-2H3/b30-29+/t34-,35-,36+,37+,39+/m0/s1. The van der Waals surface area contributed by atoms with Crippen LogP contribution in [0.1, 0.15) is 187 Å². The van der Waals surface area contributed by atoms with Crippen LogP contribution < -0.4 is 0 Å².